The van der Waals surface area contributed by atoms with Gasteiger partial charge in [-0.15, -0.1) is 0 Å². The second-order valence-corrected chi connectivity index (χ2v) is 4.85. The van der Waals surface area contributed by atoms with E-state index >= 15 is 0 Å². The number of nitrogens with one attached hydrogen (secondary N) is 1. The van der Waals surface area contributed by atoms with E-state index in [-0.39, 0.29) is 0 Å². The van der Waals surface area contributed by atoms with E-state index < -0.39 is 0 Å². The Labute approximate surface area is 102 Å². The van der Waals surface area contributed by atoms with Gasteiger partial charge in [-0.3, -0.25) is 0 Å². The van der Waals surface area contributed by atoms with Gasteiger partial charge < -0.3 is 5.32 Å². The summed E-state index contributed by atoms with van der Waals surface area (Å²) in [6.45, 7) is 3.44. The van der Waals surface area contributed by atoms with Crippen LogP contribution in [-0.4, -0.2) is 6.54 Å². The molecule has 2 unspecified atom stereocenters. The van der Waals surface area contributed by atoms with Crippen LogP contribution in [0.2, 0.25) is 0 Å². The van der Waals surface area contributed by atoms with Crippen LogP contribution in [0.3, 0.4) is 0 Å². The molecule has 0 spiro atoms. The van der Waals surface area contributed by atoms with Crippen molar-refractivity contribution in [3.05, 3.63) is 60.2 Å². The molecule has 0 saturated carbocycles. The zero-order valence-corrected chi connectivity index (χ0v) is 10.1. The smallest absolute Gasteiger partial charge is 0.0358 e. The molecule has 2 aromatic rings. The molecule has 1 heterocycles. The van der Waals surface area contributed by atoms with Crippen LogP contribution in [0.5, 0.6) is 0 Å². The Morgan fingerprint density at radius 1 is 0.882 bits per heavy atom. The summed E-state index contributed by atoms with van der Waals surface area (Å²) in [5.41, 5.74) is 3.98. The third kappa shape index (κ3) is 1.98. The van der Waals surface area contributed by atoms with Crippen LogP contribution < -0.4 is 5.32 Å². The molecule has 0 radical (unpaired) electrons. The van der Waals surface area contributed by atoms with Crippen LogP contribution in [0.4, 0.5) is 0 Å². The summed E-state index contributed by atoms with van der Waals surface area (Å²) in [5, 5.41) is 3.47. The average molecular weight is 223 g/mol. The van der Waals surface area contributed by atoms with Gasteiger partial charge in [-0.25, -0.2) is 0 Å². The van der Waals surface area contributed by atoms with E-state index in [1.165, 1.54) is 16.7 Å². The summed E-state index contributed by atoms with van der Waals surface area (Å²) < 4.78 is 0. The molecule has 1 aliphatic rings. The average Bonchev–Trinajstić information content (AvgIpc) is 2.39. The van der Waals surface area contributed by atoms with E-state index in [4.69, 9.17) is 0 Å². The largest absolute Gasteiger partial charge is 0.309 e. The Hall–Kier alpha value is -1.60. The van der Waals surface area contributed by atoms with Crippen molar-refractivity contribution < 1.29 is 0 Å². The molecule has 1 saturated heterocycles. The van der Waals surface area contributed by atoms with Crippen molar-refractivity contribution in [1.82, 2.24) is 5.32 Å². The molecule has 2 aromatic carbocycles. The van der Waals surface area contributed by atoms with Crippen molar-refractivity contribution >= 4 is 0 Å². The fourth-order valence-corrected chi connectivity index (χ4v) is 2.43. The monoisotopic (exact) mass is 223 g/mol. The Morgan fingerprint density at radius 3 is 2.06 bits per heavy atom. The van der Waals surface area contributed by atoms with E-state index in [0.717, 1.165) is 12.5 Å². The van der Waals surface area contributed by atoms with E-state index in [2.05, 4.69) is 66.8 Å². The van der Waals surface area contributed by atoms with Gasteiger partial charge in [0.25, 0.3) is 0 Å². The van der Waals surface area contributed by atoms with Gasteiger partial charge in [0.05, 0.1) is 0 Å². The third-order valence-electron chi connectivity index (χ3n) is 3.61. The standard InChI is InChI=1S/C16H17N/c1-12-11-17-16(12)15-9-7-14(8-10-15)13-5-3-2-4-6-13/h2-10,12,16-17H,11H2,1H3. The van der Waals surface area contributed by atoms with Crippen molar-refractivity contribution in [2.24, 2.45) is 5.92 Å². The molecule has 0 aliphatic carbocycles. The van der Waals surface area contributed by atoms with Gasteiger partial charge in [0.15, 0.2) is 0 Å². The fourth-order valence-electron chi connectivity index (χ4n) is 2.43. The normalized spacial score (nSPS) is 23.1. The maximum atomic E-state index is 3.47. The van der Waals surface area contributed by atoms with Gasteiger partial charge in [-0.05, 0) is 22.6 Å². The highest BCUT2D eigenvalue weighted by Crippen LogP contribution is 2.30. The molecule has 2 atom stereocenters. The van der Waals surface area contributed by atoms with Gasteiger partial charge in [-0.1, -0.05) is 61.5 Å². The topological polar surface area (TPSA) is 12.0 Å². The number of benzene rings is 2. The van der Waals surface area contributed by atoms with Crippen molar-refractivity contribution in [1.29, 1.82) is 0 Å². The molecule has 86 valence electrons. The molecule has 17 heavy (non-hydrogen) atoms. The first-order valence-electron chi connectivity index (χ1n) is 6.23. The molecule has 3 rings (SSSR count). The lowest BCUT2D eigenvalue weighted by Gasteiger charge is -2.36. The van der Waals surface area contributed by atoms with Gasteiger partial charge >= 0.3 is 0 Å². The molecular formula is C16H17N. The summed E-state index contributed by atoms with van der Waals surface area (Å²) in [5.74, 6) is 0.762. The minimum absolute atomic E-state index is 0.555. The zero-order valence-electron chi connectivity index (χ0n) is 10.1. The minimum atomic E-state index is 0.555. The quantitative estimate of drug-likeness (QED) is 0.819. The highest BCUT2D eigenvalue weighted by atomic mass is 15.0. The molecule has 0 amide bonds. The maximum absolute atomic E-state index is 3.47. The molecule has 1 aliphatic heterocycles. The number of rotatable bonds is 2. The van der Waals surface area contributed by atoms with Crippen LogP contribution in [0, 0.1) is 5.92 Å². The number of hydrogen-bond donors (Lipinski definition) is 1. The minimum Gasteiger partial charge on any atom is -0.309 e. The Balaban J connectivity index is 1.85. The Bertz CT molecular complexity index is 487. The Morgan fingerprint density at radius 2 is 1.53 bits per heavy atom. The van der Waals surface area contributed by atoms with Crippen molar-refractivity contribution in [2.45, 2.75) is 13.0 Å². The summed E-state index contributed by atoms with van der Waals surface area (Å²) in [6, 6.07) is 20.0. The predicted molar refractivity (Wildman–Crippen MR) is 71.8 cm³/mol. The van der Waals surface area contributed by atoms with E-state index in [1.807, 2.05) is 0 Å². The van der Waals surface area contributed by atoms with Gasteiger partial charge in [0.1, 0.15) is 0 Å². The third-order valence-corrected chi connectivity index (χ3v) is 3.61. The van der Waals surface area contributed by atoms with E-state index in [1.54, 1.807) is 0 Å². The summed E-state index contributed by atoms with van der Waals surface area (Å²) >= 11 is 0. The first kappa shape index (κ1) is 10.5. The van der Waals surface area contributed by atoms with Crippen LogP contribution in [0.25, 0.3) is 11.1 Å². The molecule has 0 bridgehead atoms. The second-order valence-electron chi connectivity index (χ2n) is 4.85. The highest BCUT2D eigenvalue weighted by Gasteiger charge is 2.26. The SMILES string of the molecule is CC1CNC1c1ccc(-c2ccccc2)cc1. The molecule has 1 heteroatoms. The lowest BCUT2D eigenvalue weighted by Crippen LogP contribution is -2.43. The van der Waals surface area contributed by atoms with Gasteiger partial charge in [0, 0.05) is 12.6 Å². The lowest BCUT2D eigenvalue weighted by atomic mass is 9.87. The van der Waals surface area contributed by atoms with Crippen molar-refractivity contribution in [3.8, 4) is 11.1 Å². The summed E-state index contributed by atoms with van der Waals surface area (Å²) in [6.07, 6.45) is 0. The van der Waals surface area contributed by atoms with E-state index in [9.17, 15) is 0 Å². The van der Waals surface area contributed by atoms with Gasteiger partial charge in [-0.2, -0.15) is 0 Å². The maximum Gasteiger partial charge on any atom is 0.0358 e. The summed E-state index contributed by atoms with van der Waals surface area (Å²) in [4.78, 5) is 0. The molecule has 0 aromatic heterocycles. The molecule has 1 N–H and O–H groups in total. The second kappa shape index (κ2) is 4.34. The van der Waals surface area contributed by atoms with Crippen LogP contribution in [-0.2, 0) is 0 Å². The first-order chi connectivity index (χ1) is 8.34. The van der Waals surface area contributed by atoms with E-state index in [0.29, 0.717) is 6.04 Å². The molecule has 1 nitrogen and oxygen atoms in total. The van der Waals surface area contributed by atoms with Crippen molar-refractivity contribution in [2.75, 3.05) is 6.54 Å². The zero-order chi connectivity index (χ0) is 11.7. The molecule has 1 fully saturated rings. The fraction of sp³-hybridized carbons (Fsp3) is 0.250. The molecular weight excluding hydrogens is 206 g/mol. The first-order valence-corrected chi connectivity index (χ1v) is 6.23. The lowest BCUT2D eigenvalue weighted by molar-refractivity contribution is 0.258. The van der Waals surface area contributed by atoms with Crippen LogP contribution in [0.15, 0.2) is 54.6 Å². The highest BCUT2D eigenvalue weighted by molar-refractivity contribution is 5.63. The van der Waals surface area contributed by atoms with Crippen LogP contribution >= 0.6 is 0 Å². The number of hydrogen-bond acceptors (Lipinski definition) is 1. The van der Waals surface area contributed by atoms with Gasteiger partial charge in [0.2, 0.25) is 0 Å². The predicted octanol–water partition coefficient (Wildman–Crippen LogP) is 3.63. The Kier molecular flexibility index (Phi) is 2.69. The van der Waals surface area contributed by atoms with Crippen molar-refractivity contribution in [3.63, 3.8) is 0 Å². The van der Waals surface area contributed by atoms with Crippen LogP contribution in [0.1, 0.15) is 18.5 Å². The summed E-state index contributed by atoms with van der Waals surface area (Å²) in [7, 11) is 0.